The van der Waals surface area contributed by atoms with E-state index in [0.717, 1.165) is 15.5 Å². The number of hydrogen-bond donors (Lipinski definition) is 1. The predicted octanol–water partition coefficient (Wildman–Crippen LogP) is 3.05. The van der Waals surface area contributed by atoms with Crippen molar-refractivity contribution >= 4 is 18.0 Å². The summed E-state index contributed by atoms with van der Waals surface area (Å²) in [6, 6.07) is 8.35. The van der Waals surface area contributed by atoms with Crippen LogP contribution in [0.25, 0.3) is 0 Å². The Balaban J connectivity index is 2.19. The van der Waals surface area contributed by atoms with E-state index >= 15 is 0 Å². The van der Waals surface area contributed by atoms with Gasteiger partial charge in [-0.25, -0.2) is 9.59 Å². The minimum Gasteiger partial charge on any atom is -0.465 e. The zero-order valence-corrected chi connectivity index (χ0v) is 15.5. The molecule has 0 radical (unpaired) electrons. The van der Waals surface area contributed by atoms with Gasteiger partial charge >= 0.3 is 12.1 Å². The number of amides is 2. The van der Waals surface area contributed by atoms with Gasteiger partial charge in [-0.3, -0.25) is 9.69 Å². The number of likely N-dealkylation sites (tertiary alicyclic amines) is 1. The maximum atomic E-state index is 12.9. The van der Waals surface area contributed by atoms with Crippen LogP contribution >= 0.6 is 0 Å². The highest BCUT2D eigenvalue weighted by Gasteiger charge is 2.39. The van der Waals surface area contributed by atoms with E-state index in [9.17, 15) is 19.5 Å². The van der Waals surface area contributed by atoms with E-state index in [2.05, 4.69) is 0 Å². The highest BCUT2D eigenvalue weighted by Crippen LogP contribution is 2.26. The fourth-order valence-electron chi connectivity index (χ4n) is 2.79. The van der Waals surface area contributed by atoms with Gasteiger partial charge in [-0.1, -0.05) is 51.1 Å². The lowest BCUT2D eigenvalue weighted by atomic mass is 9.89. The van der Waals surface area contributed by atoms with Crippen molar-refractivity contribution in [1.29, 1.82) is 0 Å². The average Bonchev–Trinajstić information content (AvgIpc) is 3.11. The third-order valence-electron chi connectivity index (χ3n) is 4.83. The Kier molecular flexibility index (Phi) is 6.23. The molecule has 1 aliphatic heterocycles. The first-order valence-electron chi connectivity index (χ1n) is 8.83. The Bertz CT molecular complexity index is 659. The molecule has 1 saturated heterocycles. The zero-order valence-electron chi connectivity index (χ0n) is 15.5. The van der Waals surface area contributed by atoms with Gasteiger partial charge in [0.25, 0.3) is 5.91 Å². The second-order valence-corrected chi connectivity index (χ2v) is 7.11. The van der Waals surface area contributed by atoms with Crippen molar-refractivity contribution in [2.45, 2.75) is 52.6 Å². The van der Waals surface area contributed by atoms with Crippen LogP contribution in [0.15, 0.2) is 30.3 Å². The fourth-order valence-corrected chi connectivity index (χ4v) is 2.79. The molecule has 0 aromatic heterocycles. The molecule has 2 amide bonds. The number of hydrogen-bond acceptors (Lipinski definition) is 4. The first kappa shape index (κ1) is 19.8. The van der Waals surface area contributed by atoms with Crippen molar-refractivity contribution in [3.8, 4) is 0 Å². The van der Waals surface area contributed by atoms with Crippen LogP contribution in [0.1, 0.15) is 45.6 Å². The van der Waals surface area contributed by atoms with E-state index < -0.39 is 23.5 Å². The Hall–Kier alpha value is -2.57. The predicted molar refractivity (Wildman–Crippen MR) is 94.9 cm³/mol. The molecule has 1 aromatic carbocycles. The van der Waals surface area contributed by atoms with Crippen molar-refractivity contribution in [2.75, 3.05) is 6.54 Å². The van der Waals surface area contributed by atoms with Gasteiger partial charge < -0.3 is 9.94 Å². The Morgan fingerprint density at radius 2 is 1.92 bits per heavy atom. The molecule has 2 rings (SSSR count). The molecule has 142 valence electrons. The third kappa shape index (κ3) is 4.53. The first-order valence-corrected chi connectivity index (χ1v) is 8.83. The monoisotopic (exact) mass is 362 g/mol. The molecule has 0 aliphatic carbocycles. The second-order valence-electron chi connectivity index (χ2n) is 7.11. The molecule has 1 aliphatic rings. The number of rotatable bonds is 5. The molecule has 1 N–H and O–H groups in total. The van der Waals surface area contributed by atoms with Crippen LogP contribution in [0.3, 0.4) is 0 Å². The number of hydroxylamine groups is 2. The summed E-state index contributed by atoms with van der Waals surface area (Å²) >= 11 is 0. The summed E-state index contributed by atoms with van der Waals surface area (Å²) in [6.45, 7) is 5.89. The molecule has 1 unspecified atom stereocenters. The molecular weight excluding hydrogens is 336 g/mol. The maximum absolute atomic E-state index is 12.9. The standard InChI is InChI=1S/C19H26N2O5/c1-4-19(2,3)17(23)21(13-14-9-6-5-7-10-14)26-16(22)15-11-8-12-20(15)18(24)25/h5-7,9-10,15H,4,8,11-13H2,1-3H3,(H,24,25). The van der Waals surface area contributed by atoms with Crippen LogP contribution in [-0.4, -0.2) is 45.6 Å². The summed E-state index contributed by atoms with van der Waals surface area (Å²) in [7, 11) is 0. The quantitative estimate of drug-likeness (QED) is 0.814. The van der Waals surface area contributed by atoms with Gasteiger partial charge in [-0.15, -0.1) is 0 Å². The minimum absolute atomic E-state index is 0.120. The summed E-state index contributed by atoms with van der Waals surface area (Å²) in [5, 5.41) is 10.3. The molecule has 7 heteroatoms. The molecule has 1 atom stereocenters. The average molecular weight is 362 g/mol. The van der Waals surface area contributed by atoms with E-state index in [0.29, 0.717) is 25.8 Å². The van der Waals surface area contributed by atoms with Gasteiger partial charge in [0, 0.05) is 12.0 Å². The Labute approximate surface area is 153 Å². The van der Waals surface area contributed by atoms with Gasteiger partial charge in [0.2, 0.25) is 0 Å². The van der Waals surface area contributed by atoms with E-state index in [1.807, 2.05) is 37.3 Å². The molecule has 0 spiro atoms. The van der Waals surface area contributed by atoms with Crippen molar-refractivity contribution in [2.24, 2.45) is 5.41 Å². The highest BCUT2D eigenvalue weighted by molar-refractivity contribution is 5.85. The Morgan fingerprint density at radius 1 is 1.27 bits per heavy atom. The summed E-state index contributed by atoms with van der Waals surface area (Å²) in [6.07, 6.45) is 0.424. The van der Waals surface area contributed by atoms with Crippen LogP contribution in [0, 0.1) is 5.41 Å². The van der Waals surface area contributed by atoms with Gasteiger partial charge in [0.1, 0.15) is 6.04 Å². The van der Waals surface area contributed by atoms with Gasteiger partial charge in [-0.05, 0) is 24.8 Å². The molecule has 26 heavy (non-hydrogen) atoms. The summed E-state index contributed by atoms with van der Waals surface area (Å²) < 4.78 is 0. The smallest absolute Gasteiger partial charge is 0.408 e. The third-order valence-corrected chi connectivity index (χ3v) is 4.83. The van der Waals surface area contributed by atoms with Gasteiger partial charge in [0.15, 0.2) is 0 Å². The number of carbonyl (C=O) groups is 3. The molecule has 0 saturated carbocycles. The van der Waals surface area contributed by atoms with Crippen molar-refractivity contribution < 1.29 is 24.3 Å². The van der Waals surface area contributed by atoms with Gasteiger partial charge in [0.05, 0.1) is 6.54 Å². The zero-order chi connectivity index (χ0) is 19.3. The largest absolute Gasteiger partial charge is 0.465 e. The van der Waals surface area contributed by atoms with E-state index in [1.54, 1.807) is 13.8 Å². The normalized spacial score (nSPS) is 17.0. The van der Waals surface area contributed by atoms with Crippen molar-refractivity contribution in [1.82, 2.24) is 9.96 Å². The van der Waals surface area contributed by atoms with Crippen molar-refractivity contribution in [3.63, 3.8) is 0 Å². The molecule has 7 nitrogen and oxygen atoms in total. The SMILES string of the molecule is CCC(C)(C)C(=O)N(Cc1ccccc1)OC(=O)C1CCCN1C(=O)O. The lowest BCUT2D eigenvalue weighted by Gasteiger charge is -2.31. The highest BCUT2D eigenvalue weighted by atomic mass is 16.7. The number of carbonyl (C=O) groups excluding carboxylic acids is 2. The fraction of sp³-hybridized carbons (Fsp3) is 0.526. The molecular formula is C19H26N2O5. The van der Waals surface area contributed by atoms with E-state index in [1.165, 1.54) is 0 Å². The first-order chi connectivity index (χ1) is 12.3. The topological polar surface area (TPSA) is 87.2 Å². The summed E-state index contributed by atoms with van der Waals surface area (Å²) in [5.41, 5.74) is 0.124. The van der Waals surface area contributed by atoms with Crippen LogP contribution in [0.4, 0.5) is 4.79 Å². The maximum Gasteiger partial charge on any atom is 0.408 e. The minimum atomic E-state index is -1.15. The number of carboxylic acid groups (broad SMARTS) is 1. The lowest BCUT2D eigenvalue weighted by molar-refractivity contribution is -0.209. The van der Waals surface area contributed by atoms with Crippen LogP contribution in [-0.2, 0) is 21.0 Å². The van der Waals surface area contributed by atoms with Gasteiger partial charge in [-0.2, -0.15) is 5.06 Å². The van der Waals surface area contributed by atoms with Crippen LogP contribution in [0.2, 0.25) is 0 Å². The van der Waals surface area contributed by atoms with Crippen molar-refractivity contribution in [3.05, 3.63) is 35.9 Å². The molecule has 1 heterocycles. The second kappa shape index (κ2) is 8.21. The molecule has 1 fully saturated rings. The molecule has 0 bridgehead atoms. The Morgan fingerprint density at radius 3 is 2.50 bits per heavy atom. The number of nitrogens with zero attached hydrogens (tertiary/aromatic N) is 2. The van der Waals surface area contributed by atoms with E-state index in [4.69, 9.17) is 4.84 Å². The molecule has 1 aromatic rings. The number of benzene rings is 1. The lowest BCUT2D eigenvalue weighted by Crippen LogP contribution is -2.46. The van der Waals surface area contributed by atoms with Crippen LogP contribution < -0.4 is 0 Å². The van der Waals surface area contributed by atoms with Crippen LogP contribution in [0.5, 0.6) is 0 Å². The summed E-state index contributed by atoms with van der Waals surface area (Å²) in [5.74, 6) is -1.02. The summed E-state index contributed by atoms with van der Waals surface area (Å²) in [4.78, 5) is 43.2. The van der Waals surface area contributed by atoms with E-state index in [-0.39, 0.29) is 12.5 Å².